The van der Waals surface area contributed by atoms with Crippen LogP contribution in [-0.4, -0.2) is 36.5 Å². The molecule has 0 unspecified atom stereocenters. The van der Waals surface area contributed by atoms with Gasteiger partial charge in [-0.2, -0.15) is 0 Å². The van der Waals surface area contributed by atoms with E-state index in [2.05, 4.69) is 24.5 Å². The second kappa shape index (κ2) is 9.71. The lowest BCUT2D eigenvalue weighted by Crippen LogP contribution is -2.48. The molecular formula is C22H32N2O4. The number of esters is 1. The van der Waals surface area contributed by atoms with Gasteiger partial charge >= 0.3 is 5.97 Å². The van der Waals surface area contributed by atoms with Crippen molar-refractivity contribution in [1.29, 1.82) is 0 Å². The second-order valence-corrected chi connectivity index (χ2v) is 8.00. The highest BCUT2D eigenvalue weighted by Crippen LogP contribution is 2.29. The van der Waals surface area contributed by atoms with Crippen LogP contribution in [0.1, 0.15) is 61.5 Å². The molecule has 0 radical (unpaired) electrons. The molecule has 1 aromatic rings. The number of rotatable bonds is 6. The molecule has 0 saturated heterocycles. The van der Waals surface area contributed by atoms with E-state index in [-0.39, 0.29) is 24.4 Å². The third-order valence-corrected chi connectivity index (χ3v) is 5.87. The molecule has 28 heavy (non-hydrogen) atoms. The Bertz CT molecular complexity index is 731. The molecule has 6 heteroatoms. The number of aryl methyl sites for hydroxylation is 2. The summed E-state index contributed by atoms with van der Waals surface area (Å²) >= 11 is 0. The van der Waals surface area contributed by atoms with Gasteiger partial charge in [-0.3, -0.25) is 14.4 Å². The molecule has 2 amide bonds. The lowest BCUT2D eigenvalue weighted by atomic mass is 9.78. The average molecular weight is 389 g/mol. The molecule has 2 N–H and O–H groups in total. The van der Waals surface area contributed by atoms with E-state index in [1.165, 1.54) is 6.42 Å². The van der Waals surface area contributed by atoms with Gasteiger partial charge in [0.05, 0.1) is 0 Å². The topological polar surface area (TPSA) is 84.5 Å². The number of hydrogen-bond donors (Lipinski definition) is 2. The lowest BCUT2D eigenvalue weighted by molar-refractivity contribution is -0.154. The fourth-order valence-corrected chi connectivity index (χ4v) is 3.52. The molecule has 2 rings (SSSR count). The number of ether oxygens (including phenoxy) is 1. The molecule has 0 aliphatic heterocycles. The number of hydrogen-bond acceptors (Lipinski definition) is 4. The molecule has 1 fully saturated rings. The Morgan fingerprint density at radius 3 is 2.54 bits per heavy atom. The van der Waals surface area contributed by atoms with Crippen molar-refractivity contribution in [2.75, 3.05) is 6.54 Å². The van der Waals surface area contributed by atoms with E-state index in [1.807, 2.05) is 19.9 Å². The summed E-state index contributed by atoms with van der Waals surface area (Å²) in [6.45, 7) is 9.51. The van der Waals surface area contributed by atoms with Gasteiger partial charge in [-0.05, 0) is 62.3 Å². The number of carbonyl (C=O) groups is 3. The van der Waals surface area contributed by atoms with Crippen molar-refractivity contribution < 1.29 is 19.1 Å². The standard InChI is InChI=1S/C22H32N2O4/c1-13-9-10-18(11-15(13)3)22(27)23-12-20(25)28-17(5)21(26)24-19-8-6-7-14(2)16(19)4/h9-11,14,16-17,19H,6-8,12H2,1-5H3,(H,23,27)(H,24,26)/t14-,16-,17+,19+/m0/s1. The van der Waals surface area contributed by atoms with Crippen molar-refractivity contribution in [1.82, 2.24) is 10.6 Å². The Labute approximate surface area is 167 Å². The maximum Gasteiger partial charge on any atom is 0.326 e. The van der Waals surface area contributed by atoms with E-state index >= 15 is 0 Å². The summed E-state index contributed by atoms with van der Waals surface area (Å²) in [5.41, 5.74) is 2.59. The van der Waals surface area contributed by atoms with Gasteiger partial charge in [0.1, 0.15) is 6.54 Å². The Balaban J connectivity index is 1.79. The van der Waals surface area contributed by atoms with Crippen LogP contribution >= 0.6 is 0 Å². The van der Waals surface area contributed by atoms with Crippen LogP contribution in [0.3, 0.4) is 0 Å². The number of amides is 2. The van der Waals surface area contributed by atoms with E-state index in [9.17, 15) is 14.4 Å². The molecule has 4 atom stereocenters. The van der Waals surface area contributed by atoms with Crippen LogP contribution in [0.25, 0.3) is 0 Å². The summed E-state index contributed by atoms with van der Waals surface area (Å²) in [6.07, 6.45) is 2.33. The fourth-order valence-electron chi connectivity index (χ4n) is 3.52. The predicted molar refractivity (Wildman–Crippen MR) is 108 cm³/mol. The smallest absolute Gasteiger partial charge is 0.326 e. The third kappa shape index (κ3) is 5.81. The minimum atomic E-state index is -0.893. The van der Waals surface area contributed by atoms with Crippen molar-refractivity contribution in [3.63, 3.8) is 0 Å². The fraction of sp³-hybridized carbons (Fsp3) is 0.591. The maximum absolute atomic E-state index is 12.4. The van der Waals surface area contributed by atoms with Gasteiger partial charge in [0.25, 0.3) is 11.8 Å². The minimum Gasteiger partial charge on any atom is -0.451 e. The number of benzene rings is 1. The van der Waals surface area contributed by atoms with Crippen LogP contribution in [-0.2, 0) is 14.3 Å². The first kappa shape index (κ1) is 21.9. The number of nitrogens with one attached hydrogen (secondary N) is 2. The summed E-state index contributed by atoms with van der Waals surface area (Å²) in [6, 6.07) is 5.47. The normalized spacial score (nSPS) is 22.8. The van der Waals surface area contributed by atoms with E-state index in [4.69, 9.17) is 4.74 Å². The van der Waals surface area contributed by atoms with Gasteiger partial charge in [0.15, 0.2) is 6.10 Å². The summed E-state index contributed by atoms with van der Waals surface area (Å²) < 4.78 is 5.18. The maximum atomic E-state index is 12.4. The highest BCUT2D eigenvalue weighted by molar-refractivity contribution is 5.96. The van der Waals surface area contributed by atoms with Crippen LogP contribution in [0.15, 0.2) is 18.2 Å². The molecule has 0 spiro atoms. The Kier molecular flexibility index (Phi) is 7.61. The van der Waals surface area contributed by atoms with Crippen molar-refractivity contribution in [3.8, 4) is 0 Å². The molecule has 1 saturated carbocycles. The molecule has 0 heterocycles. The molecule has 1 aromatic carbocycles. The van der Waals surface area contributed by atoms with Gasteiger partial charge in [0.2, 0.25) is 0 Å². The summed E-state index contributed by atoms with van der Waals surface area (Å²) in [5, 5.41) is 5.54. The Morgan fingerprint density at radius 2 is 1.86 bits per heavy atom. The van der Waals surface area contributed by atoms with E-state index < -0.39 is 12.1 Å². The Morgan fingerprint density at radius 1 is 1.14 bits per heavy atom. The predicted octanol–water partition coefficient (Wildman–Crippen LogP) is 2.91. The second-order valence-electron chi connectivity index (χ2n) is 8.00. The van der Waals surface area contributed by atoms with Gasteiger partial charge < -0.3 is 15.4 Å². The Hall–Kier alpha value is -2.37. The molecular weight excluding hydrogens is 356 g/mol. The first-order valence-corrected chi connectivity index (χ1v) is 10.0. The number of carbonyl (C=O) groups excluding carboxylic acids is 3. The van der Waals surface area contributed by atoms with Gasteiger partial charge in [-0.25, -0.2) is 0 Å². The van der Waals surface area contributed by atoms with Crippen LogP contribution in [0, 0.1) is 25.7 Å². The van der Waals surface area contributed by atoms with Gasteiger partial charge in [-0.1, -0.05) is 32.8 Å². The quantitative estimate of drug-likeness (QED) is 0.734. The van der Waals surface area contributed by atoms with Crippen LogP contribution in [0.2, 0.25) is 0 Å². The average Bonchev–Trinajstić information content (AvgIpc) is 2.65. The minimum absolute atomic E-state index is 0.113. The zero-order chi connectivity index (χ0) is 20.8. The highest BCUT2D eigenvalue weighted by atomic mass is 16.5. The van der Waals surface area contributed by atoms with Crippen LogP contribution < -0.4 is 10.6 Å². The van der Waals surface area contributed by atoms with Crippen molar-refractivity contribution in [2.24, 2.45) is 11.8 Å². The third-order valence-electron chi connectivity index (χ3n) is 5.87. The summed E-state index contributed by atoms with van der Waals surface area (Å²) in [5.74, 6) is -0.303. The summed E-state index contributed by atoms with van der Waals surface area (Å²) in [7, 11) is 0. The molecule has 1 aliphatic carbocycles. The molecule has 6 nitrogen and oxygen atoms in total. The first-order valence-electron chi connectivity index (χ1n) is 10.0. The highest BCUT2D eigenvalue weighted by Gasteiger charge is 2.30. The largest absolute Gasteiger partial charge is 0.451 e. The first-order chi connectivity index (χ1) is 13.2. The monoisotopic (exact) mass is 388 g/mol. The van der Waals surface area contributed by atoms with Gasteiger partial charge in [-0.15, -0.1) is 0 Å². The van der Waals surface area contributed by atoms with Crippen LogP contribution in [0.4, 0.5) is 0 Å². The molecule has 0 aromatic heterocycles. The zero-order valence-electron chi connectivity index (χ0n) is 17.5. The lowest BCUT2D eigenvalue weighted by Gasteiger charge is -2.35. The molecule has 154 valence electrons. The molecule has 0 bridgehead atoms. The van der Waals surface area contributed by atoms with Crippen molar-refractivity contribution in [3.05, 3.63) is 34.9 Å². The van der Waals surface area contributed by atoms with Crippen molar-refractivity contribution >= 4 is 17.8 Å². The van der Waals surface area contributed by atoms with Crippen molar-refractivity contribution in [2.45, 2.75) is 66.0 Å². The van der Waals surface area contributed by atoms with E-state index in [0.717, 1.165) is 24.0 Å². The van der Waals surface area contributed by atoms with E-state index in [1.54, 1.807) is 19.1 Å². The zero-order valence-corrected chi connectivity index (χ0v) is 17.5. The van der Waals surface area contributed by atoms with Crippen LogP contribution in [0.5, 0.6) is 0 Å². The van der Waals surface area contributed by atoms with E-state index in [0.29, 0.717) is 17.4 Å². The molecule has 1 aliphatic rings. The SMILES string of the molecule is Cc1ccc(C(=O)NCC(=O)O[C@H](C)C(=O)N[C@@H]2CCC[C@H](C)[C@@H]2C)cc1C. The summed E-state index contributed by atoms with van der Waals surface area (Å²) in [4.78, 5) is 36.5. The van der Waals surface area contributed by atoms with Gasteiger partial charge in [0, 0.05) is 11.6 Å².